The summed E-state index contributed by atoms with van der Waals surface area (Å²) in [5.74, 6) is 0. The Balaban J connectivity index is 1.87. The second kappa shape index (κ2) is 6.09. The van der Waals surface area contributed by atoms with E-state index in [1.165, 1.54) is 4.88 Å². The van der Waals surface area contributed by atoms with Crippen LogP contribution in [-0.2, 0) is 13.1 Å². The molecule has 0 aliphatic heterocycles. The zero-order chi connectivity index (χ0) is 12.3. The largest absolute Gasteiger partial charge is 0.306 e. The lowest BCUT2D eigenvalue weighted by molar-refractivity contribution is 0.684. The number of halogens is 2. The molecule has 0 radical (unpaired) electrons. The Labute approximate surface area is 122 Å². The normalized spacial score (nSPS) is 10.8. The minimum absolute atomic E-state index is 0.800. The molecule has 0 fully saturated rings. The molecule has 0 atom stereocenters. The Morgan fingerprint density at radius 1 is 1.29 bits per heavy atom. The van der Waals surface area contributed by atoms with Crippen molar-refractivity contribution < 1.29 is 0 Å². The van der Waals surface area contributed by atoms with Crippen molar-refractivity contribution in [2.24, 2.45) is 0 Å². The van der Waals surface area contributed by atoms with Gasteiger partial charge in [-0.3, -0.25) is 4.98 Å². The number of nitrogens with one attached hydrogen (secondary N) is 1. The highest BCUT2D eigenvalue weighted by Crippen LogP contribution is 2.32. The maximum Gasteiger partial charge on any atom is 0.0843 e. The summed E-state index contributed by atoms with van der Waals surface area (Å²) in [5.41, 5.74) is 2.14. The molecule has 2 heterocycles. The van der Waals surface area contributed by atoms with Crippen LogP contribution in [-0.4, -0.2) is 4.98 Å². The Hall–Kier alpha value is -0.230. The van der Waals surface area contributed by atoms with Crippen LogP contribution in [0.2, 0.25) is 0 Å². The zero-order valence-electron chi connectivity index (χ0n) is 9.34. The second-order valence-electron chi connectivity index (χ2n) is 3.71. The summed E-state index contributed by atoms with van der Waals surface area (Å²) in [6.07, 6.45) is 0. The van der Waals surface area contributed by atoms with E-state index in [9.17, 15) is 0 Å². The van der Waals surface area contributed by atoms with Gasteiger partial charge in [-0.05, 0) is 57.0 Å². The molecule has 2 aromatic rings. The smallest absolute Gasteiger partial charge is 0.0843 e. The molecule has 0 unspecified atom stereocenters. The maximum atomic E-state index is 4.45. The van der Waals surface area contributed by atoms with Gasteiger partial charge in [0, 0.05) is 28.1 Å². The zero-order valence-corrected chi connectivity index (χ0v) is 13.3. The molecule has 90 valence electrons. The van der Waals surface area contributed by atoms with E-state index in [0.717, 1.165) is 32.7 Å². The predicted molar refractivity (Wildman–Crippen MR) is 79.2 cm³/mol. The summed E-state index contributed by atoms with van der Waals surface area (Å²) >= 11 is 8.72. The van der Waals surface area contributed by atoms with Gasteiger partial charge < -0.3 is 5.32 Å². The summed E-state index contributed by atoms with van der Waals surface area (Å²) in [5, 5.41) is 3.39. The van der Waals surface area contributed by atoms with Crippen molar-refractivity contribution in [3.63, 3.8) is 0 Å². The molecule has 0 amide bonds. The number of aryl methyl sites for hydroxylation is 1. The molecule has 17 heavy (non-hydrogen) atoms. The maximum absolute atomic E-state index is 4.45. The Morgan fingerprint density at radius 2 is 2.12 bits per heavy atom. The van der Waals surface area contributed by atoms with Crippen molar-refractivity contribution in [2.45, 2.75) is 20.0 Å². The molecule has 0 saturated heterocycles. The number of nitrogens with zero attached hydrogens (tertiary/aromatic N) is 1. The van der Waals surface area contributed by atoms with Crippen LogP contribution in [0.3, 0.4) is 0 Å². The Morgan fingerprint density at radius 3 is 2.76 bits per heavy atom. The number of rotatable bonds is 4. The first-order chi connectivity index (χ1) is 8.15. The first-order valence-corrected chi connectivity index (χ1v) is 7.62. The molecule has 0 aromatic carbocycles. The molecule has 5 heteroatoms. The molecule has 1 N–H and O–H groups in total. The molecule has 0 spiro atoms. The fourth-order valence-corrected chi connectivity index (χ4v) is 3.64. The highest BCUT2D eigenvalue weighted by atomic mass is 79.9. The van der Waals surface area contributed by atoms with Gasteiger partial charge in [0.1, 0.15) is 0 Å². The van der Waals surface area contributed by atoms with E-state index in [4.69, 9.17) is 0 Å². The molecule has 2 nitrogen and oxygen atoms in total. The van der Waals surface area contributed by atoms with Gasteiger partial charge in [0.15, 0.2) is 0 Å². The molecule has 2 rings (SSSR count). The Bertz CT molecular complexity index is 491. The third-order valence-corrected chi connectivity index (χ3v) is 5.50. The average Bonchev–Trinajstić information content (AvgIpc) is 2.58. The van der Waals surface area contributed by atoms with Gasteiger partial charge in [-0.2, -0.15) is 0 Å². The van der Waals surface area contributed by atoms with Crippen LogP contribution in [0, 0.1) is 6.92 Å². The molecule has 0 aliphatic carbocycles. The third kappa shape index (κ3) is 3.88. The Kier molecular flexibility index (Phi) is 4.73. The number of aromatic nitrogens is 1. The lowest BCUT2D eigenvalue weighted by Crippen LogP contribution is -2.12. The summed E-state index contributed by atoms with van der Waals surface area (Å²) < 4.78 is 2.26. The summed E-state index contributed by atoms with van der Waals surface area (Å²) in [6, 6.07) is 8.22. The van der Waals surface area contributed by atoms with E-state index < -0.39 is 0 Å². The molecule has 0 aliphatic rings. The van der Waals surface area contributed by atoms with Gasteiger partial charge in [0.25, 0.3) is 0 Å². The number of hydrogen-bond acceptors (Lipinski definition) is 3. The second-order valence-corrected chi connectivity index (χ2v) is 7.02. The van der Waals surface area contributed by atoms with Crippen molar-refractivity contribution in [3.05, 3.63) is 48.8 Å². The summed E-state index contributed by atoms with van der Waals surface area (Å²) in [4.78, 5) is 5.75. The standard InChI is InChI=1S/C12H12Br2N2S/c1-8-3-2-4-9(16-8)6-15-7-10-5-11(13)12(14)17-10/h2-5,15H,6-7H2,1H3. The SMILES string of the molecule is Cc1cccc(CNCc2cc(Br)c(Br)s2)n1. The molecule has 0 bridgehead atoms. The van der Waals surface area contributed by atoms with Crippen LogP contribution in [0.5, 0.6) is 0 Å². The van der Waals surface area contributed by atoms with Gasteiger partial charge in [-0.1, -0.05) is 6.07 Å². The fourth-order valence-electron chi connectivity index (χ4n) is 1.49. The van der Waals surface area contributed by atoms with Gasteiger partial charge in [-0.15, -0.1) is 11.3 Å². The average molecular weight is 376 g/mol. The minimum atomic E-state index is 0.800. The predicted octanol–water partition coefficient (Wildman–Crippen LogP) is 4.27. The van der Waals surface area contributed by atoms with Crippen molar-refractivity contribution in [3.8, 4) is 0 Å². The van der Waals surface area contributed by atoms with Crippen molar-refractivity contribution in [1.29, 1.82) is 0 Å². The molecule has 2 aromatic heterocycles. The van der Waals surface area contributed by atoms with Gasteiger partial charge in [0.2, 0.25) is 0 Å². The van der Waals surface area contributed by atoms with Crippen molar-refractivity contribution in [2.75, 3.05) is 0 Å². The van der Waals surface area contributed by atoms with E-state index in [2.05, 4.69) is 48.2 Å². The number of thiophene rings is 1. The van der Waals surface area contributed by atoms with Crippen LogP contribution >= 0.6 is 43.2 Å². The van der Waals surface area contributed by atoms with Crippen LogP contribution in [0.25, 0.3) is 0 Å². The topological polar surface area (TPSA) is 24.9 Å². The highest BCUT2D eigenvalue weighted by molar-refractivity contribution is 9.13. The minimum Gasteiger partial charge on any atom is -0.306 e. The van der Waals surface area contributed by atoms with E-state index in [1.807, 2.05) is 25.1 Å². The highest BCUT2D eigenvalue weighted by Gasteiger charge is 2.03. The first kappa shape index (κ1) is 13.2. The number of pyridine rings is 1. The molecular formula is C12H12Br2N2S. The summed E-state index contributed by atoms with van der Waals surface area (Å²) in [7, 11) is 0. The van der Waals surface area contributed by atoms with Gasteiger partial charge >= 0.3 is 0 Å². The molecular weight excluding hydrogens is 364 g/mol. The molecule has 0 saturated carbocycles. The first-order valence-electron chi connectivity index (χ1n) is 5.22. The van der Waals surface area contributed by atoms with Crippen molar-refractivity contribution in [1.82, 2.24) is 10.3 Å². The van der Waals surface area contributed by atoms with Crippen LogP contribution < -0.4 is 5.32 Å². The monoisotopic (exact) mass is 374 g/mol. The van der Waals surface area contributed by atoms with E-state index in [1.54, 1.807) is 11.3 Å². The van der Waals surface area contributed by atoms with E-state index >= 15 is 0 Å². The van der Waals surface area contributed by atoms with Gasteiger partial charge in [-0.25, -0.2) is 0 Å². The van der Waals surface area contributed by atoms with Crippen molar-refractivity contribution >= 4 is 43.2 Å². The third-order valence-electron chi connectivity index (χ3n) is 2.25. The van der Waals surface area contributed by atoms with Crippen LogP contribution in [0.1, 0.15) is 16.3 Å². The summed E-state index contributed by atoms with van der Waals surface area (Å²) in [6.45, 7) is 3.68. The van der Waals surface area contributed by atoms with Crippen LogP contribution in [0.4, 0.5) is 0 Å². The quantitative estimate of drug-likeness (QED) is 0.863. The lowest BCUT2D eigenvalue weighted by atomic mass is 10.3. The van der Waals surface area contributed by atoms with E-state index in [0.29, 0.717) is 0 Å². The van der Waals surface area contributed by atoms with Gasteiger partial charge in [0.05, 0.1) is 9.48 Å². The van der Waals surface area contributed by atoms with E-state index in [-0.39, 0.29) is 0 Å². The van der Waals surface area contributed by atoms with Crippen LogP contribution in [0.15, 0.2) is 32.5 Å². The number of hydrogen-bond donors (Lipinski definition) is 1. The fraction of sp³-hybridized carbons (Fsp3) is 0.250. The lowest BCUT2D eigenvalue weighted by Gasteiger charge is -2.03.